The van der Waals surface area contributed by atoms with Gasteiger partial charge in [-0.25, -0.2) is 0 Å². The predicted octanol–water partition coefficient (Wildman–Crippen LogP) is 2.04. The lowest BCUT2D eigenvalue weighted by atomic mass is 10.3. The Balaban J connectivity index is 2.54. The molecule has 0 aliphatic heterocycles. The molecular formula is C12H15ClN4O. The van der Waals surface area contributed by atoms with Crippen molar-refractivity contribution in [2.45, 2.75) is 19.9 Å². The minimum absolute atomic E-state index is 0.138. The molecule has 2 aromatic rings. The van der Waals surface area contributed by atoms with E-state index in [9.17, 15) is 4.79 Å². The van der Waals surface area contributed by atoms with Crippen LogP contribution in [0.5, 0.6) is 0 Å². The first-order chi connectivity index (χ1) is 8.47. The number of halogens is 1. The highest BCUT2D eigenvalue weighted by Gasteiger charge is 2.09. The molecule has 0 amide bonds. The van der Waals surface area contributed by atoms with Crippen LogP contribution in [0, 0.1) is 0 Å². The zero-order chi connectivity index (χ0) is 13.3. The number of pyridine rings is 1. The van der Waals surface area contributed by atoms with Crippen molar-refractivity contribution >= 4 is 17.3 Å². The number of nitrogens with one attached hydrogen (secondary N) is 1. The van der Waals surface area contributed by atoms with Gasteiger partial charge in [0.05, 0.1) is 16.9 Å². The van der Waals surface area contributed by atoms with Gasteiger partial charge in [0.15, 0.2) is 0 Å². The van der Waals surface area contributed by atoms with Gasteiger partial charge in [-0.15, -0.1) is 0 Å². The summed E-state index contributed by atoms with van der Waals surface area (Å²) in [6, 6.07) is 1.80. The van der Waals surface area contributed by atoms with E-state index in [4.69, 9.17) is 11.6 Å². The van der Waals surface area contributed by atoms with Crippen molar-refractivity contribution in [2.24, 2.45) is 7.05 Å². The molecule has 0 radical (unpaired) electrons. The van der Waals surface area contributed by atoms with Gasteiger partial charge in [-0.3, -0.25) is 14.0 Å². The van der Waals surface area contributed by atoms with Crippen molar-refractivity contribution in [1.29, 1.82) is 0 Å². The molecule has 0 atom stereocenters. The number of aryl methyl sites for hydroxylation is 1. The Morgan fingerprint density at radius 1 is 1.39 bits per heavy atom. The molecule has 0 saturated heterocycles. The second kappa shape index (κ2) is 4.86. The van der Waals surface area contributed by atoms with Crippen LogP contribution in [0.2, 0.25) is 5.02 Å². The van der Waals surface area contributed by atoms with Gasteiger partial charge in [0.1, 0.15) is 5.69 Å². The van der Waals surface area contributed by atoms with Crippen LogP contribution in [0.25, 0.3) is 5.69 Å². The van der Waals surface area contributed by atoms with E-state index < -0.39 is 0 Å². The fourth-order valence-electron chi connectivity index (χ4n) is 1.69. The molecule has 0 aromatic carbocycles. The Morgan fingerprint density at radius 2 is 2.11 bits per heavy atom. The maximum atomic E-state index is 12.3. The Hall–Kier alpha value is -1.75. The van der Waals surface area contributed by atoms with E-state index >= 15 is 0 Å². The van der Waals surface area contributed by atoms with Crippen molar-refractivity contribution in [3.05, 3.63) is 40.0 Å². The summed E-state index contributed by atoms with van der Waals surface area (Å²) in [5, 5.41) is 7.64. The van der Waals surface area contributed by atoms with E-state index in [0.29, 0.717) is 16.4 Å². The van der Waals surface area contributed by atoms with Gasteiger partial charge >= 0.3 is 0 Å². The Kier molecular flexibility index (Phi) is 3.43. The smallest absolute Gasteiger partial charge is 0.278 e. The number of aromatic nitrogens is 3. The van der Waals surface area contributed by atoms with Gasteiger partial charge in [0, 0.05) is 25.5 Å². The van der Waals surface area contributed by atoms with Crippen LogP contribution in [0.15, 0.2) is 29.5 Å². The second-order valence-electron chi connectivity index (χ2n) is 4.42. The summed E-state index contributed by atoms with van der Waals surface area (Å²) in [7, 11) is 1.80. The molecule has 0 saturated carbocycles. The molecule has 5 nitrogen and oxygen atoms in total. The molecule has 0 fully saturated rings. The predicted molar refractivity (Wildman–Crippen MR) is 72.6 cm³/mol. The van der Waals surface area contributed by atoms with Gasteiger partial charge < -0.3 is 5.32 Å². The Labute approximate surface area is 110 Å². The van der Waals surface area contributed by atoms with Gasteiger partial charge in [-0.1, -0.05) is 11.6 Å². The molecule has 18 heavy (non-hydrogen) atoms. The molecule has 0 bridgehead atoms. The third-order valence-electron chi connectivity index (χ3n) is 2.40. The molecule has 0 unspecified atom stereocenters. The maximum absolute atomic E-state index is 12.3. The highest BCUT2D eigenvalue weighted by atomic mass is 35.5. The zero-order valence-electron chi connectivity index (χ0n) is 10.5. The van der Waals surface area contributed by atoms with Gasteiger partial charge in [0.25, 0.3) is 5.56 Å². The van der Waals surface area contributed by atoms with Gasteiger partial charge in [0.2, 0.25) is 0 Å². The minimum atomic E-state index is -0.138. The average Bonchev–Trinajstić information content (AvgIpc) is 2.69. The van der Waals surface area contributed by atoms with E-state index in [1.807, 2.05) is 13.8 Å². The summed E-state index contributed by atoms with van der Waals surface area (Å²) in [5.41, 5.74) is 1.04. The zero-order valence-corrected chi connectivity index (χ0v) is 11.3. The maximum Gasteiger partial charge on any atom is 0.278 e. The summed E-state index contributed by atoms with van der Waals surface area (Å²) < 4.78 is 3.12. The fraction of sp³-hybridized carbons (Fsp3) is 0.333. The summed E-state index contributed by atoms with van der Waals surface area (Å²) in [6.45, 7) is 3.93. The van der Waals surface area contributed by atoms with Crippen LogP contribution in [-0.4, -0.2) is 20.4 Å². The fourth-order valence-corrected chi connectivity index (χ4v) is 1.89. The molecule has 6 heteroatoms. The van der Waals surface area contributed by atoms with E-state index in [-0.39, 0.29) is 11.6 Å². The lowest BCUT2D eigenvalue weighted by molar-refractivity contribution is 0.767. The molecule has 0 spiro atoms. The topological polar surface area (TPSA) is 51.9 Å². The van der Waals surface area contributed by atoms with Crippen LogP contribution < -0.4 is 10.9 Å². The highest BCUT2D eigenvalue weighted by molar-refractivity contribution is 6.30. The first-order valence-electron chi connectivity index (χ1n) is 5.65. The lowest BCUT2D eigenvalue weighted by Crippen LogP contribution is -2.24. The second-order valence-corrected chi connectivity index (χ2v) is 4.85. The van der Waals surface area contributed by atoms with Crippen LogP contribution in [0.3, 0.4) is 0 Å². The minimum Gasteiger partial charge on any atom is -0.378 e. The first-order valence-corrected chi connectivity index (χ1v) is 6.03. The number of hydrogen-bond donors (Lipinski definition) is 1. The quantitative estimate of drug-likeness (QED) is 0.925. The van der Waals surface area contributed by atoms with Crippen molar-refractivity contribution in [2.75, 3.05) is 5.32 Å². The van der Waals surface area contributed by atoms with Crippen LogP contribution in [-0.2, 0) is 7.05 Å². The summed E-state index contributed by atoms with van der Waals surface area (Å²) >= 11 is 6.04. The monoisotopic (exact) mass is 266 g/mol. The van der Waals surface area contributed by atoms with E-state index in [1.165, 1.54) is 4.57 Å². The van der Waals surface area contributed by atoms with Crippen LogP contribution >= 0.6 is 11.6 Å². The highest BCUT2D eigenvalue weighted by Crippen LogP contribution is 2.14. The number of anilines is 1. The molecule has 1 N–H and O–H groups in total. The normalized spacial score (nSPS) is 10.9. The first kappa shape index (κ1) is 12.7. The van der Waals surface area contributed by atoms with Crippen molar-refractivity contribution in [1.82, 2.24) is 14.3 Å². The van der Waals surface area contributed by atoms with E-state index in [0.717, 1.165) is 0 Å². The van der Waals surface area contributed by atoms with E-state index in [1.54, 1.807) is 36.4 Å². The third kappa shape index (κ3) is 2.56. The standard InChI is InChI=1S/C12H15ClN4O/c1-8(2)15-11-4-9(13)6-17(12(11)18)10-5-14-16(3)7-10/h4-8,15H,1-3H3. The Bertz CT molecular complexity index is 615. The molecule has 0 aliphatic carbocycles. The average molecular weight is 267 g/mol. The molecule has 96 valence electrons. The molecule has 0 aliphatic rings. The Morgan fingerprint density at radius 3 is 2.67 bits per heavy atom. The SMILES string of the molecule is CC(C)Nc1cc(Cl)cn(-c2cnn(C)c2)c1=O. The van der Waals surface area contributed by atoms with E-state index in [2.05, 4.69) is 10.4 Å². The number of hydrogen-bond acceptors (Lipinski definition) is 3. The molecule has 2 rings (SSSR count). The number of nitrogens with zero attached hydrogens (tertiary/aromatic N) is 3. The number of rotatable bonds is 3. The van der Waals surface area contributed by atoms with Crippen molar-refractivity contribution < 1.29 is 0 Å². The van der Waals surface area contributed by atoms with Crippen molar-refractivity contribution in [3.8, 4) is 5.69 Å². The molecule has 2 heterocycles. The van der Waals surface area contributed by atoms with Crippen LogP contribution in [0.1, 0.15) is 13.8 Å². The van der Waals surface area contributed by atoms with Gasteiger partial charge in [-0.05, 0) is 19.9 Å². The lowest BCUT2D eigenvalue weighted by Gasteiger charge is -2.12. The van der Waals surface area contributed by atoms with Gasteiger partial charge in [-0.2, -0.15) is 5.10 Å². The summed E-state index contributed by atoms with van der Waals surface area (Å²) in [5.74, 6) is 0. The molecular weight excluding hydrogens is 252 g/mol. The largest absolute Gasteiger partial charge is 0.378 e. The summed E-state index contributed by atoms with van der Waals surface area (Å²) in [6.07, 6.45) is 4.97. The molecule has 2 aromatic heterocycles. The van der Waals surface area contributed by atoms with Crippen molar-refractivity contribution in [3.63, 3.8) is 0 Å². The summed E-state index contributed by atoms with van der Waals surface area (Å²) in [4.78, 5) is 12.3. The van der Waals surface area contributed by atoms with Crippen LogP contribution in [0.4, 0.5) is 5.69 Å². The third-order valence-corrected chi connectivity index (χ3v) is 2.60.